The van der Waals surface area contributed by atoms with Crippen LogP contribution in [0.5, 0.6) is 0 Å². The van der Waals surface area contributed by atoms with Crippen LogP contribution in [0.1, 0.15) is 28.8 Å². The van der Waals surface area contributed by atoms with Crippen LogP contribution in [0.3, 0.4) is 0 Å². The van der Waals surface area contributed by atoms with Crippen LogP contribution in [-0.4, -0.2) is 5.78 Å². The minimum Gasteiger partial charge on any atom is -0.294 e. The van der Waals surface area contributed by atoms with E-state index in [-0.39, 0.29) is 5.78 Å². The quantitative estimate of drug-likeness (QED) is 0.544. The third-order valence-corrected chi connectivity index (χ3v) is 2.48. The number of carbonyl (C=O) groups is 1. The maximum atomic E-state index is 11.6. The van der Waals surface area contributed by atoms with Crippen LogP contribution < -0.4 is 0 Å². The van der Waals surface area contributed by atoms with Gasteiger partial charge in [0.1, 0.15) is 0 Å². The summed E-state index contributed by atoms with van der Waals surface area (Å²) in [7, 11) is 0. The smallest absolute Gasteiger partial charge is 0.163 e. The third-order valence-electron chi connectivity index (χ3n) is 2.07. The molecule has 0 aromatic heterocycles. The fraction of sp³-hybridized carbons (Fsp3) is 0.250. The van der Waals surface area contributed by atoms with Crippen molar-refractivity contribution in [2.45, 2.75) is 19.8 Å². The molecule has 0 aliphatic rings. The molecule has 0 saturated heterocycles. The Hall–Kier alpha value is -1.08. The van der Waals surface area contributed by atoms with Crippen molar-refractivity contribution in [3.63, 3.8) is 0 Å². The van der Waals surface area contributed by atoms with E-state index in [1.54, 1.807) is 12.1 Å². The zero-order chi connectivity index (χ0) is 10.6. The number of Topliss-reactive ketones (excluding diaryl/α,β-unsaturated/α-hetero) is 1. The van der Waals surface area contributed by atoms with Gasteiger partial charge in [0.2, 0.25) is 0 Å². The van der Waals surface area contributed by atoms with Gasteiger partial charge in [0.25, 0.3) is 0 Å². The number of aryl methyl sites for hydroxylation is 1. The SMILES string of the molecule is C=CCCC(=O)c1ccc(C)c(Cl)c1. The number of rotatable bonds is 4. The van der Waals surface area contributed by atoms with Crippen LogP contribution in [-0.2, 0) is 0 Å². The molecule has 74 valence electrons. The molecule has 0 N–H and O–H groups in total. The second-order valence-electron chi connectivity index (χ2n) is 3.21. The van der Waals surface area contributed by atoms with Crippen LogP contribution in [0.4, 0.5) is 0 Å². The van der Waals surface area contributed by atoms with E-state index in [0.717, 1.165) is 5.56 Å². The minimum absolute atomic E-state index is 0.117. The number of halogens is 1. The Morgan fingerprint density at radius 2 is 2.29 bits per heavy atom. The van der Waals surface area contributed by atoms with Gasteiger partial charge in [-0.15, -0.1) is 6.58 Å². The van der Waals surface area contributed by atoms with Crippen molar-refractivity contribution < 1.29 is 4.79 Å². The number of carbonyl (C=O) groups excluding carboxylic acids is 1. The van der Waals surface area contributed by atoms with Crippen molar-refractivity contribution in [3.8, 4) is 0 Å². The van der Waals surface area contributed by atoms with Gasteiger partial charge in [0.15, 0.2) is 5.78 Å². The number of benzene rings is 1. The number of hydrogen-bond donors (Lipinski definition) is 0. The van der Waals surface area contributed by atoms with Crippen molar-refractivity contribution in [2.75, 3.05) is 0 Å². The molecule has 0 aliphatic heterocycles. The van der Waals surface area contributed by atoms with Crippen LogP contribution in [0, 0.1) is 6.92 Å². The Morgan fingerprint density at radius 1 is 1.57 bits per heavy atom. The predicted octanol–water partition coefficient (Wildman–Crippen LogP) is 3.80. The van der Waals surface area contributed by atoms with Crippen LogP contribution in [0.15, 0.2) is 30.9 Å². The first kappa shape index (κ1) is 11.0. The molecule has 2 heteroatoms. The molecule has 1 aromatic rings. The van der Waals surface area contributed by atoms with Gasteiger partial charge in [-0.2, -0.15) is 0 Å². The topological polar surface area (TPSA) is 17.1 Å². The molecule has 14 heavy (non-hydrogen) atoms. The second-order valence-corrected chi connectivity index (χ2v) is 3.62. The molecule has 1 aromatic carbocycles. The van der Waals surface area contributed by atoms with Crippen molar-refractivity contribution in [3.05, 3.63) is 47.0 Å². The molecule has 0 spiro atoms. The molecule has 1 nitrogen and oxygen atoms in total. The molecule has 0 atom stereocenters. The van der Waals surface area contributed by atoms with Gasteiger partial charge in [0, 0.05) is 17.0 Å². The summed E-state index contributed by atoms with van der Waals surface area (Å²) in [4.78, 5) is 11.6. The summed E-state index contributed by atoms with van der Waals surface area (Å²) in [5.41, 5.74) is 1.68. The first-order valence-corrected chi connectivity index (χ1v) is 4.93. The summed E-state index contributed by atoms with van der Waals surface area (Å²) in [6.07, 6.45) is 2.96. The van der Waals surface area contributed by atoms with E-state index in [2.05, 4.69) is 6.58 Å². The summed E-state index contributed by atoms with van der Waals surface area (Å²) in [6, 6.07) is 5.40. The Bertz CT molecular complexity index is 355. The standard InChI is InChI=1S/C12H13ClO/c1-3-4-5-12(14)10-7-6-9(2)11(13)8-10/h3,6-8H,1,4-5H2,2H3. The van der Waals surface area contributed by atoms with Gasteiger partial charge in [0.05, 0.1) is 0 Å². The monoisotopic (exact) mass is 208 g/mol. The molecule has 0 unspecified atom stereocenters. The maximum absolute atomic E-state index is 11.6. The third kappa shape index (κ3) is 2.71. The highest BCUT2D eigenvalue weighted by Gasteiger charge is 2.05. The largest absolute Gasteiger partial charge is 0.294 e. The summed E-state index contributed by atoms with van der Waals surface area (Å²) in [5.74, 6) is 0.117. The molecule has 0 aliphatic carbocycles. The van der Waals surface area contributed by atoms with Gasteiger partial charge in [-0.3, -0.25) is 4.79 Å². The predicted molar refractivity (Wildman–Crippen MR) is 60.0 cm³/mol. The van der Waals surface area contributed by atoms with Gasteiger partial charge in [-0.25, -0.2) is 0 Å². The molecule has 0 heterocycles. The van der Waals surface area contributed by atoms with E-state index in [9.17, 15) is 4.79 Å². The first-order valence-electron chi connectivity index (χ1n) is 4.55. The lowest BCUT2D eigenvalue weighted by Crippen LogP contribution is -1.98. The molecular formula is C12H13ClO. The number of ketones is 1. The Balaban J connectivity index is 2.80. The van der Waals surface area contributed by atoms with Gasteiger partial charge >= 0.3 is 0 Å². The molecule has 0 amide bonds. The average molecular weight is 209 g/mol. The van der Waals surface area contributed by atoms with Crippen molar-refractivity contribution >= 4 is 17.4 Å². The molecule has 0 fully saturated rings. The van der Waals surface area contributed by atoms with E-state index < -0.39 is 0 Å². The lowest BCUT2D eigenvalue weighted by molar-refractivity contribution is 0.0983. The van der Waals surface area contributed by atoms with E-state index in [4.69, 9.17) is 11.6 Å². The molecular weight excluding hydrogens is 196 g/mol. The Morgan fingerprint density at radius 3 is 2.86 bits per heavy atom. The fourth-order valence-electron chi connectivity index (χ4n) is 1.14. The summed E-state index contributed by atoms with van der Waals surface area (Å²) in [5, 5.41) is 0.648. The molecule has 0 bridgehead atoms. The normalized spacial score (nSPS) is 9.86. The number of allylic oxidation sites excluding steroid dienone is 1. The molecule has 0 radical (unpaired) electrons. The Labute approximate surface area is 89.4 Å². The fourth-order valence-corrected chi connectivity index (χ4v) is 1.32. The molecule has 0 saturated carbocycles. The highest BCUT2D eigenvalue weighted by atomic mass is 35.5. The van der Waals surface area contributed by atoms with E-state index in [1.807, 2.05) is 19.1 Å². The zero-order valence-corrected chi connectivity index (χ0v) is 8.97. The van der Waals surface area contributed by atoms with Gasteiger partial charge in [-0.1, -0.05) is 29.8 Å². The lowest BCUT2D eigenvalue weighted by atomic mass is 10.1. The first-order chi connectivity index (χ1) is 6.65. The highest BCUT2D eigenvalue weighted by molar-refractivity contribution is 6.31. The van der Waals surface area contributed by atoms with Gasteiger partial charge in [-0.05, 0) is 25.0 Å². The lowest BCUT2D eigenvalue weighted by Gasteiger charge is -2.02. The highest BCUT2D eigenvalue weighted by Crippen LogP contribution is 2.18. The van der Waals surface area contributed by atoms with E-state index in [1.165, 1.54) is 0 Å². The summed E-state index contributed by atoms with van der Waals surface area (Å²) < 4.78 is 0. The van der Waals surface area contributed by atoms with Crippen molar-refractivity contribution in [1.29, 1.82) is 0 Å². The minimum atomic E-state index is 0.117. The molecule has 1 rings (SSSR count). The van der Waals surface area contributed by atoms with Gasteiger partial charge < -0.3 is 0 Å². The van der Waals surface area contributed by atoms with Crippen molar-refractivity contribution in [2.24, 2.45) is 0 Å². The zero-order valence-electron chi connectivity index (χ0n) is 8.22. The van der Waals surface area contributed by atoms with Crippen LogP contribution in [0.25, 0.3) is 0 Å². The van der Waals surface area contributed by atoms with Crippen molar-refractivity contribution in [1.82, 2.24) is 0 Å². The maximum Gasteiger partial charge on any atom is 0.163 e. The van der Waals surface area contributed by atoms with Crippen LogP contribution >= 0.6 is 11.6 Å². The van der Waals surface area contributed by atoms with E-state index >= 15 is 0 Å². The van der Waals surface area contributed by atoms with E-state index in [0.29, 0.717) is 23.4 Å². The Kier molecular flexibility index (Phi) is 3.90. The van der Waals surface area contributed by atoms with Crippen LogP contribution in [0.2, 0.25) is 5.02 Å². The second kappa shape index (κ2) is 4.97. The summed E-state index contributed by atoms with van der Waals surface area (Å²) in [6.45, 7) is 5.50. The summed E-state index contributed by atoms with van der Waals surface area (Å²) >= 11 is 5.92. The number of hydrogen-bond acceptors (Lipinski definition) is 1. The average Bonchev–Trinajstić information content (AvgIpc) is 2.18.